The summed E-state index contributed by atoms with van der Waals surface area (Å²) < 4.78 is 7.29. The number of nitrogens with zero attached hydrogens (tertiary/aromatic N) is 3. The van der Waals surface area contributed by atoms with Crippen molar-refractivity contribution in [2.75, 3.05) is 12.3 Å². The van der Waals surface area contributed by atoms with Crippen LogP contribution in [0.2, 0.25) is 0 Å². The number of benzene rings is 1. The minimum Gasteiger partial charge on any atom is -0.478 e. The lowest BCUT2D eigenvalue weighted by Gasteiger charge is -2.03. The van der Waals surface area contributed by atoms with Crippen molar-refractivity contribution in [1.29, 1.82) is 0 Å². The average Bonchev–Trinajstić information content (AvgIpc) is 2.76. The van der Waals surface area contributed by atoms with Crippen molar-refractivity contribution in [3.05, 3.63) is 36.5 Å². The number of aryl methyl sites for hydroxylation is 1. The summed E-state index contributed by atoms with van der Waals surface area (Å²) in [6.07, 6.45) is 1.73. The molecule has 3 rings (SSSR count). The molecule has 0 aliphatic carbocycles. The van der Waals surface area contributed by atoms with E-state index in [-0.39, 0.29) is 0 Å². The monoisotopic (exact) mass is 268 g/mol. The summed E-state index contributed by atoms with van der Waals surface area (Å²) in [7, 11) is 1.92. The van der Waals surface area contributed by atoms with Crippen molar-refractivity contribution in [2.45, 2.75) is 6.92 Å². The van der Waals surface area contributed by atoms with Crippen LogP contribution in [0, 0.1) is 0 Å². The van der Waals surface area contributed by atoms with Gasteiger partial charge in [0.1, 0.15) is 5.69 Å². The van der Waals surface area contributed by atoms with Crippen LogP contribution in [0.4, 0.5) is 5.69 Å². The number of aromatic nitrogens is 3. The molecule has 0 saturated heterocycles. The van der Waals surface area contributed by atoms with Crippen LogP contribution >= 0.6 is 0 Å². The quantitative estimate of drug-likeness (QED) is 0.741. The number of fused-ring (bicyclic) bond motifs is 1. The zero-order chi connectivity index (χ0) is 14.1. The van der Waals surface area contributed by atoms with Gasteiger partial charge in [-0.15, -0.1) is 0 Å². The van der Waals surface area contributed by atoms with Crippen LogP contribution in [-0.4, -0.2) is 21.4 Å². The van der Waals surface area contributed by atoms with Crippen molar-refractivity contribution in [1.82, 2.24) is 14.8 Å². The second-order valence-corrected chi connectivity index (χ2v) is 4.56. The number of hydrogen-bond acceptors (Lipinski definition) is 4. The molecule has 0 saturated carbocycles. The van der Waals surface area contributed by atoms with Crippen molar-refractivity contribution in [2.24, 2.45) is 7.05 Å². The molecule has 20 heavy (non-hydrogen) atoms. The summed E-state index contributed by atoms with van der Waals surface area (Å²) in [5, 5.41) is 5.61. The van der Waals surface area contributed by atoms with Crippen molar-refractivity contribution >= 4 is 16.6 Å². The van der Waals surface area contributed by atoms with Crippen molar-refractivity contribution in [3.63, 3.8) is 0 Å². The van der Waals surface area contributed by atoms with Crippen LogP contribution in [-0.2, 0) is 7.05 Å². The Morgan fingerprint density at radius 1 is 1.25 bits per heavy atom. The van der Waals surface area contributed by atoms with Gasteiger partial charge in [-0.2, -0.15) is 5.10 Å². The van der Waals surface area contributed by atoms with E-state index in [2.05, 4.69) is 10.1 Å². The number of pyridine rings is 1. The van der Waals surface area contributed by atoms with Gasteiger partial charge in [0.15, 0.2) is 0 Å². The third-order valence-corrected chi connectivity index (χ3v) is 3.17. The van der Waals surface area contributed by atoms with Gasteiger partial charge >= 0.3 is 0 Å². The zero-order valence-corrected chi connectivity index (χ0v) is 11.5. The van der Waals surface area contributed by atoms with Gasteiger partial charge in [0.25, 0.3) is 0 Å². The van der Waals surface area contributed by atoms with E-state index in [9.17, 15) is 0 Å². The highest BCUT2D eigenvalue weighted by Gasteiger charge is 2.11. The van der Waals surface area contributed by atoms with E-state index in [0.29, 0.717) is 12.5 Å². The zero-order valence-electron chi connectivity index (χ0n) is 11.5. The van der Waals surface area contributed by atoms with Crippen molar-refractivity contribution in [3.8, 4) is 17.1 Å². The van der Waals surface area contributed by atoms with E-state index in [1.165, 1.54) is 0 Å². The molecule has 2 N–H and O–H groups in total. The third kappa shape index (κ3) is 2.07. The molecule has 0 atom stereocenters. The van der Waals surface area contributed by atoms with Crippen LogP contribution < -0.4 is 10.5 Å². The Morgan fingerprint density at radius 2 is 2.10 bits per heavy atom. The first kappa shape index (κ1) is 12.5. The van der Waals surface area contributed by atoms with Gasteiger partial charge in [0, 0.05) is 35.9 Å². The predicted octanol–water partition coefficient (Wildman–Crippen LogP) is 2.62. The smallest absolute Gasteiger partial charge is 0.213 e. The predicted molar refractivity (Wildman–Crippen MR) is 79.5 cm³/mol. The molecule has 0 aliphatic rings. The number of nitrogens with two attached hydrogens (primary N) is 1. The maximum Gasteiger partial charge on any atom is 0.213 e. The summed E-state index contributed by atoms with van der Waals surface area (Å²) in [4.78, 5) is 4.18. The summed E-state index contributed by atoms with van der Waals surface area (Å²) in [6, 6.07) is 9.62. The topological polar surface area (TPSA) is 66.0 Å². The Hall–Kier alpha value is -2.56. The molecule has 102 valence electrons. The lowest BCUT2D eigenvalue weighted by Crippen LogP contribution is -1.94. The van der Waals surface area contributed by atoms with E-state index in [0.717, 1.165) is 27.8 Å². The number of nitrogen functional groups attached to an aromatic ring is 1. The van der Waals surface area contributed by atoms with E-state index in [4.69, 9.17) is 10.5 Å². The summed E-state index contributed by atoms with van der Waals surface area (Å²) in [6.45, 7) is 2.53. The highest BCUT2D eigenvalue weighted by Crippen LogP contribution is 2.30. The molecule has 0 radical (unpaired) electrons. The summed E-state index contributed by atoms with van der Waals surface area (Å²) >= 11 is 0. The van der Waals surface area contributed by atoms with Crippen LogP contribution in [0.3, 0.4) is 0 Å². The maximum absolute atomic E-state index is 5.88. The first-order chi connectivity index (χ1) is 9.69. The Labute approximate surface area is 117 Å². The fourth-order valence-corrected chi connectivity index (χ4v) is 2.28. The number of rotatable bonds is 3. The van der Waals surface area contributed by atoms with Gasteiger partial charge in [0.2, 0.25) is 5.88 Å². The molecule has 0 unspecified atom stereocenters. The highest BCUT2D eigenvalue weighted by atomic mass is 16.5. The Balaban J connectivity index is 2.18. The number of hydrogen-bond donors (Lipinski definition) is 1. The maximum atomic E-state index is 5.88. The number of ether oxygens (including phenoxy) is 1. The molecule has 3 aromatic rings. The minimum absolute atomic E-state index is 0.590. The molecule has 5 heteroatoms. The molecule has 2 heterocycles. The molecule has 0 aliphatic heterocycles. The largest absolute Gasteiger partial charge is 0.478 e. The molecular weight excluding hydrogens is 252 g/mol. The van der Waals surface area contributed by atoms with Crippen LogP contribution in [0.1, 0.15) is 6.92 Å². The van der Waals surface area contributed by atoms with Gasteiger partial charge in [-0.3, -0.25) is 4.68 Å². The molecule has 0 spiro atoms. The van der Waals surface area contributed by atoms with E-state index in [1.807, 2.05) is 49.0 Å². The fourth-order valence-electron chi connectivity index (χ4n) is 2.28. The third-order valence-electron chi connectivity index (χ3n) is 3.17. The van der Waals surface area contributed by atoms with Gasteiger partial charge in [-0.1, -0.05) is 0 Å². The van der Waals surface area contributed by atoms with Gasteiger partial charge in [-0.25, -0.2) is 4.98 Å². The Morgan fingerprint density at radius 3 is 2.90 bits per heavy atom. The first-order valence-corrected chi connectivity index (χ1v) is 6.50. The number of anilines is 1. The Bertz CT molecular complexity index is 764. The Kier molecular flexibility index (Phi) is 3.02. The standard InChI is InChI=1S/C15H16N4O/c1-3-20-14-8-10(6-7-17-14)15-12-9-11(16)4-5-13(12)19(2)18-15/h4-9H,3,16H2,1-2H3. The van der Waals surface area contributed by atoms with Crippen LogP contribution in [0.15, 0.2) is 36.5 Å². The molecule has 2 aromatic heterocycles. The lowest BCUT2D eigenvalue weighted by atomic mass is 10.1. The van der Waals surface area contributed by atoms with Gasteiger partial charge < -0.3 is 10.5 Å². The van der Waals surface area contributed by atoms with Crippen LogP contribution in [0.25, 0.3) is 22.2 Å². The van der Waals surface area contributed by atoms with Crippen molar-refractivity contribution < 1.29 is 4.74 Å². The second kappa shape index (κ2) is 4.85. The summed E-state index contributed by atoms with van der Waals surface area (Å²) in [5.41, 5.74) is 9.52. The SMILES string of the molecule is CCOc1cc(-c2nn(C)c3ccc(N)cc23)ccn1. The average molecular weight is 268 g/mol. The highest BCUT2D eigenvalue weighted by molar-refractivity contribution is 5.95. The molecule has 0 bridgehead atoms. The molecular formula is C15H16N4O. The lowest BCUT2D eigenvalue weighted by molar-refractivity contribution is 0.327. The molecule has 0 amide bonds. The normalized spacial score (nSPS) is 10.9. The fraction of sp³-hybridized carbons (Fsp3) is 0.200. The molecule has 0 fully saturated rings. The summed E-state index contributed by atoms with van der Waals surface area (Å²) in [5.74, 6) is 0.604. The van der Waals surface area contributed by atoms with Gasteiger partial charge in [-0.05, 0) is 31.2 Å². The van der Waals surface area contributed by atoms with E-state index >= 15 is 0 Å². The first-order valence-electron chi connectivity index (χ1n) is 6.50. The minimum atomic E-state index is 0.590. The molecule has 1 aromatic carbocycles. The van der Waals surface area contributed by atoms with E-state index < -0.39 is 0 Å². The second-order valence-electron chi connectivity index (χ2n) is 4.56. The van der Waals surface area contributed by atoms with Gasteiger partial charge in [0.05, 0.1) is 12.1 Å². The van der Waals surface area contributed by atoms with E-state index in [1.54, 1.807) is 6.20 Å². The van der Waals surface area contributed by atoms with Crippen LogP contribution in [0.5, 0.6) is 5.88 Å². The molecule has 5 nitrogen and oxygen atoms in total.